The van der Waals surface area contributed by atoms with E-state index in [4.69, 9.17) is 5.11 Å². The normalized spacial score (nSPS) is 12.3. The van der Waals surface area contributed by atoms with Gasteiger partial charge in [-0.25, -0.2) is 9.78 Å². The third-order valence-corrected chi connectivity index (χ3v) is 3.80. The Morgan fingerprint density at radius 2 is 2.31 bits per heavy atom. The summed E-state index contributed by atoms with van der Waals surface area (Å²) in [5, 5.41) is 9.08. The fraction of sp³-hybridized carbons (Fsp3) is 0.167. The molecule has 1 aliphatic carbocycles. The molecule has 0 fully saturated rings. The van der Waals surface area contributed by atoms with Gasteiger partial charge in [-0.05, 0) is 18.6 Å². The molecule has 1 aromatic carbocycles. The summed E-state index contributed by atoms with van der Waals surface area (Å²) in [5.41, 5.74) is 4.38. The highest BCUT2D eigenvalue weighted by molar-refractivity contribution is 7.14. The monoisotopic (exact) mass is 231 g/mol. The van der Waals surface area contributed by atoms with Gasteiger partial charge in [-0.3, -0.25) is 0 Å². The second-order valence-electron chi connectivity index (χ2n) is 3.93. The van der Waals surface area contributed by atoms with Gasteiger partial charge in [0.15, 0.2) is 0 Å². The van der Waals surface area contributed by atoms with Crippen molar-refractivity contribution in [1.29, 1.82) is 0 Å². The molecule has 80 valence electrons. The molecule has 1 N–H and O–H groups in total. The van der Waals surface area contributed by atoms with Crippen molar-refractivity contribution < 1.29 is 9.90 Å². The molecular formula is C12H9NO2S. The average Bonchev–Trinajstić information content (AvgIpc) is 2.75. The van der Waals surface area contributed by atoms with E-state index >= 15 is 0 Å². The number of fused-ring (bicyclic) bond motifs is 3. The van der Waals surface area contributed by atoms with Gasteiger partial charge in [-0.15, -0.1) is 11.3 Å². The smallest absolute Gasteiger partial charge is 0.365 e. The molecule has 0 saturated carbocycles. The maximum Gasteiger partial charge on any atom is 0.365 e. The zero-order chi connectivity index (χ0) is 11.3. The Morgan fingerprint density at radius 3 is 3.06 bits per heavy atom. The fourth-order valence-electron chi connectivity index (χ4n) is 2.01. The number of nitrogens with zero attached hydrogens (tertiary/aromatic N) is 1. The van der Waals surface area contributed by atoms with E-state index in [2.05, 4.69) is 23.2 Å². The number of benzene rings is 1. The van der Waals surface area contributed by atoms with E-state index in [-0.39, 0.29) is 5.01 Å². The SMILES string of the molecule is Cc1ccc2c(c1)-c1nc(C(=O)O)sc1C2. The Morgan fingerprint density at radius 1 is 1.50 bits per heavy atom. The average molecular weight is 231 g/mol. The minimum absolute atomic E-state index is 0.192. The molecule has 1 aliphatic rings. The first-order chi connectivity index (χ1) is 7.65. The van der Waals surface area contributed by atoms with Gasteiger partial charge in [0.05, 0.1) is 5.69 Å². The Labute approximate surface area is 96.4 Å². The lowest BCUT2D eigenvalue weighted by Gasteiger charge is -1.99. The van der Waals surface area contributed by atoms with E-state index < -0.39 is 5.97 Å². The molecule has 1 aromatic heterocycles. The summed E-state index contributed by atoms with van der Waals surface area (Å²) in [5.74, 6) is -0.936. The van der Waals surface area contributed by atoms with Gasteiger partial charge in [-0.2, -0.15) is 0 Å². The van der Waals surface area contributed by atoms with Crippen molar-refractivity contribution in [2.45, 2.75) is 13.3 Å². The van der Waals surface area contributed by atoms with Gasteiger partial charge in [-0.1, -0.05) is 17.7 Å². The van der Waals surface area contributed by atoms with E-state index in [1.54, 1.807) is 0 Å². The van der Waals surface area contributed by atoms with Crippen molar-refractivity contribution in [3.8, 4) is 11.3 Å². The van der Waals surface area contributed by atoms with Crippen LogP contribution in [0.1, 0.15) is 25.8 Å². The van der Waals surface area contributed by atoms with Gasteiger partial charge >= 0.3 is 5.97 Å². The van der Waals surface area contributed by atoms with Crippen molar-refractivity contribution in [3.05, 3.63) is 39.2 Å². The van der Waals surface area contributed by atoms with Crippen LogP contribution < -0.4 is 0 Å². The van der Waals surface area contributed by atoms with Crippen LogP contribution in [0.15, 0.2) is 18.2 Å². The van der Waals surface area contributed by atoms with E-state index in [1.807, 2.05) is 6.92 Å². The standard InChI is InChI=1S/C12H9NO2S/c1-6-2-3-7-5-9-10(8(7)4-6)13-11(16-9)12(14)15/h2-4H,5H2,1H3,(H,14,15). The number of aryl methyl sites for hydroxylation is 1. The number of rotatable bonds is 1. The topological polar surface area (TPSA) is 50.2 Å². The number of carboxylic acid groups (broad SMARTS) is 1. The lowest BCUT2D eigenvalue weighted by atomic mass is 10.1. The highest BCUT2D eigenvalue weighted by atomic mass is 32.1. The van der Waals surface area contributed by atoms with Crippen molar-refractivity contribution in [3.63, 3.8) is 0 Å². The highest BCUT2D eigenvalue weighted by Crippen LogP contribution is 2.39. The molecule has 0 amide bonds. The van der Waals surface area contributed by atoms with Gasteiger partial charge in [0, 0.05) is 16.9 Å². The van der Waals surface area contributed by atoms with Crippen LogP contribution in [0.4, 0.5) is 0 Å². The maximum absolute atomic E-state index is 10.8. The van der Waals surface area contributed by atoms with Crippen LogP contribution in [0.3, 0.4) is 0 Å². The molecule has 0 bridgehead atoms. The number of aromatic nitrogens is 1. The Balaban J connectivity index is 2.19. The fourth-order valence-corrected chi connectivity index (χ4v) is 2.95. The van der Waals surface area contributed by atoms with Crippen LogP contribution in [-0.4, -0.2) is 16.1 Å². The molecular weight excluding hydrogens is 222 g/mol. The first-order valence-corrected chi connectivity index (χ1v) is 5.79. The van der Waals surface area contributed by atoms with Gasteiger partial charge in [0.1, 0.15) is 0 Å². The summed E-state index contributed by atoms with van der Waals surface area (Å²) in [6, 6.07) is 6.25. The number of carbonyl (C=O) groups is 1. The summed E-state index contributed by atoms with van der Waals surface area (Å²) in [6.07, 6.45) is 0.815. The number of aromatic carboxylic acids is 1. The molecule has 0 unspecified atom stereocenters. The van der Waals surface area contributed by atoms with Crippen LogP contribution >= 0.6 is 11.3 Å². The van der Waals surface area contributed by atoms with E-state index in [0.29, 0.717) is 0 Å². The number of carboxylic acids is 1. The number of thiazole rings is 1. The summed E-state index contributed by atoms with van der Waals surface area (Å²) in [7, 11) is 0. The Kier molecular flexibility index (Phi) is 1.88. The first kappa shape index (κ1) is 9.54. The molecule has 0 atom stereocenters. The summed E-state index contributed by atoms with van der Waals surface area (Å²) >= 11 is 1.28. The van der Waals surface area contributed by atoms with Crippen LogP contribution in [0, 0.1) is 6.92 Å². The third kappa shape index (κ3) is 1.27. The van der Waals surface area contributed by atoms with Crippen LogP contribution in [0.2, 0.25) is 0 Å². The quantitative estimate of drug-likeness (QED) is 0.700. The predicted octanol–water partition coefficient (Wildman–Crippen LogP) is 2.72. The second-order valence-corrected chi connectivity index (χ2v) is 5.02. The van der Waals surface area contributed by atoms with Gasteiger partial charge < -0.3 is 5.11 Å². The molecule has 1 heterocycles. The number of hydrogen-bond acceptors (Lipinski definition) is 3. The molecule has 0 spiro atoms. The predicted molar refractivity (Wildman–Crippen MR) is 62.1 cm³/mol. The van der Waals surface area contributed by atoms with Crippen molar-refractivity contribution >= 4 is 17.3 Å². The van der Waals surface area contributed by atoms with Crippen molar-refractivity contribution in [2.75, 3.05) is 0 Å². The summed E-state index contributed by atoms with van der Waals surface area (Å²) in [6.45, 7) is 2.03. The molecule has 0 saturated heterocycles. The molecule has 0 radical (unpaired) electrons. The lowest BCUT2D eigenvalue weighted by Crippen LogP contribution is -1.94. The van der Waals surface area contributed by atoms with Crippen molar-refractivity contribution in [2.24, 2.45) is 0 Å². The lowest BCUT2D eigenvalue weighted by molar-refractivity contribution is 0.0696. The van der Waals surface area contributed by atoms with Gasteiger partial charge in [0.25, 0.3) is 0 Å². The molecule has 3 nitrogen and oxygen atoms in total. The first-order valence-electron chi connectivity index (χ1n) is 4.98. The van der Waals surface area contributed by atoms with E-state index in [0.717, 1.165) is 22.6 Å². The summed E-state index contributed by atoms with van der Waals surface area (Å²) < 4.78 is 0. The highest BCUT2D eigenvalue weighted by Gasteiger charge is 2.25. The van der Waals surface area contributed by atoms with Crippen molar-refractivity contribution in [1.82, 2.24) is 4.98 Å². The largest absolute Gasteiger partial charge is 0.476 e. The molecule has 3 rings (SSSR count). The zero-order valence-electron chi connectivity index (χ0n) is 8.65. The zero-order valence-corrected chi connectivity index (χ0v) is 9.47. The van der Waals surface area contributed by atoms with Crippen LogP contribution in [0.5, 0.6) is 0 Å². The molecule has 16 heavy (non-hydrogen) atoms. The second kappa shape index (κ2) is 3.15. The molecule has 4 heteroatoms. The number of hydrogen-bond donors (Lipinski definition) is 1. The Hall–Kier alpha value is -1.68. The summed E-state index contributed by atoms with van der Waals surface area (Å²) in [4.78, 5) is 16.1. The minimum Gasteiger partial charge on any atom is -0.476 e. The van der Waals surface area contributed by atoms with E-state index in [9.17, 15) is 4.79 Å². The van der Waals surface area contributed by atoms with E-state index in [1.165, 1.54) is 22.5 Å². The molecule has 2 aromatic rings. The maximum atomic E-state index is 10.8. The minimum atomic E-state index is -0.936. The molecule has 0 aliphatic heterocycles. The van der Waals surface area contributed by atoms with Crippen LogP contribution in [-0.2, 0) is 6.42 Å². The van der Waals surface area contributed by atoms with Gasteiger partial charge in [0.2, 0.25) is 5.01 Å². The van der Waals surface area contributed by atoms with Crippen LogP contribution in [0.25, 0.3) is 11.3 Å². The third-order valence-electron chi connectivity index (χ3n) is 2.75. The Bertz CT molecular complexity index is 601.